The summed E-state index contributed by atoms with van der Waals surface area (Å²) in [5, 5.41) is 13.5. The number of hydrogen-bond donors (Lipinski definition) is 2. The van der Waals surface area contributed by atoms with E-state index < -0.39 is 45.0 Å². The van der Waals surface area contributed by atoms with Crippen molar-refractivity contribution in [3.05, 3.63) is 102 Å². The van der Waals surface area contributed by atoms with Gasteiger partial charge in [-0.3, -0.25) is 4.79 Å². The molecule has 0 spiro atoms. The van der Waals surface area contributed by atoms with Crippen LogP contribution >= 0.6 is 0 Å². The number of hydrogen-bond acceptors (Lipinski definition) is 4. The van der Waals surface area contributed by atoms with Crippen LogP contribution in [-0.2, 0) is 14.8 Å². The predicted octanol–water partition coefficient (Wildman–Crippen LogP) is 4.84. The predicted molar refractivity (Wildman–Crippen MR) is 124 cm³/mol. The summed E-state index contributed by atoms with van der Waals surface area (Å²) in [6.07, 6.45) is -6.50. The van der Waals surface area contributed by atoms with E-state index in [-0.39, 0.29) is 16.8 Å². The van der Waals surface area contributed by atoms with Crippen LogP contribution in [0, 0.1) is 5.82 Å². The van der Waals surface area contributed by atoms with Crippen molar-refractivity contribution in [3.8, 4) is 0 Å². The molecule has 0 aliphatic rings. The third kappa shape index (κ3) is 4.71. The minimum absolute atomic E-state index is 0.0503. The van der Waals surface area contributed by atoms with Gasteiger partial charge in [-0.25, -0.2) is 16.8 Å². The lowest BCUT2D eigenvalue weighted by Gasteiger charge is -2.18. The van der Waals surface area contributed by atoms with Crippen LogP contribution in [0.1, 0.15) is 35.9 Å². The normalized spacial score (nSPS) is 13.9. The molecule has 0 aliphatic carbocycles. The minimum atomic E-state index is -5.03. The van der Waals surface area contributed by atoms with Gasteiger partial charge in [0, 0.05) is 5.39 Å². The van der Waals surface area contributed by atoms with Crippen molar-refractivity contribution >= 4 is 26.8 Å². The van der Waals surface area contributed by atoms with Gasteiger partial charge in [0.2, 0.25) is 0 Å². The summed E-state index contributed by atoms with van der Waals surface area (Å²) < 4.78 is 79.9. The summed E-state index contributed by atoms with van der Waals surface area (Å²) in [4.78, 5) is 10.6. The second-order valence-electron chi connectivity index (χ2n) is 8.09. The maximum absolute atomic E-state index is 14.5. The summed E-state index contributed by atoms with van der Waals surface area (Å²) >= 11 is 0. The van der Waals surface area contributed by atoms with Crippen LogP contribution in [0.2, 0.25) is 0 Å². The molecular formula is C25H20F4N2O4S. The highest BCUT2D eigenvalue weighted by atomic mass is 32.2. The largest absolute Gasteiger partial charge is 0.471 e. The number of rotatable bonds is 6. The second kappa shape index (κ2) is 9.40. The molecule has 1 amide bonds. The van der Waals surface area contributed by atoms with Crippen molar-refractivity contribution in [3.63, 3.8) is 0 Å². The van der Waals surface area contributed by atoms with E-state index in [1.807, 2.05) is 5.32 Å². The number of benzene rings is 3. The third-order valence-electron chi connectivity index (χ3n) is 5.69. The fourth-order valence-electron chi connectivity index (χ4n) is 3.86. The Morgan fingerprint density at radius 3 is 2.17 bits per heavy atom. The number of amides is 1. The standard InChI is InChI=1S/C25H20F4N2O4S/c1-15(30-24(33)25(27,28)29)16-10-12-17(13-11-16)23(32)21-14-18-6-2-4-8-20(18)31(21)36(34,35)22-9-5-3-7-19(22)26/h2-15,23,32H,1H3,(H,30,33). The van der Waals surface area contributed by atoms with E-state index in [4.69, 9.17) is 0 Å². The van der Waals surface area contributed by atoms with Gasteiger partial charge in [-0.15, -0.1) is 0 Å². The zero-order valence-electron chi connectivity index (χ0n) is 18.7. The highest BCUT2D eigenvalue weighted by Crippen LogP contribution is 2.33. The van der Waals surface area contributed by atoms with Crippen molar-refractivity contribution in [2.24, 2.45) is 0 Å². The van der Waals surface area contributed by atoms with Gasteiger partial charge in [0.1, 0.15) is 16.8 Å². The maximum Gasteiger partial charge on any atom is 0.471 e. The van der Waals surface area contributed by atoms with E-state index in [9.17, 15) is 35.9 Å². The number of carbonyl (C=O) groups is 1. The minimum Gasteiger partial charge on any atom is -0.382 e. The molecule has 1 heterocycles. The molecule has 188 valence electrons. The summed E-state index contributed by atoms with van der Waals surface area (Å²) in [5.41, 5.74) is 0.754. The van der Waals surface area contributed by atoms with Crippen LogP contribution in [0.3, 0.4) is 0 Å². The van der Waals surface area contributed by atoms with Gasteiger partial charge < -0.3 is 10.4 Å². The average molecular weight is 521 g/mol. The van der Waals surface area contributed by atoms with E-state index in [2.05, 4.69) is 0 Å². The summed E-state index contributed by atoms with van der Waals surface area (Å²) in [6, 6.07) is 17.5. The molecular weight excluding hydrogens is 500 g/mol. The number of aliphatic hydroxyl groups excluding tert-OH is 1. The van der Waals surface area contributed by atoms with Crippen molar-refractivity contribution < 1.29 is 35.9 Å². The number of alkyl halides is 3. The number of fused-ring (bicyclic) bond motifs is 1. The van der Waals surface area contributed by atoms with Crippen molar-refractivity contribution in [2.75, 3.05) is 0 Å². The van der Waals surface area contributed by atoms with Gasteiger partial charge in [-0.05, 0) is 42.3 Å². The van der Waals surface area contributed by atoms with Crippen LogP contribution < -0.4 is 5.32 Å². The quantitative estimate of drug-likeness (QED) is 0.356. The lowest BCUT2D eigenvalue weighted by Crippen LogP contribution is -2.38. The number of nitrogens with one attached hydrogen (secondary N) is 1. The number of nitrogens with zero attached hydrogens (tertiary/aromatic N) is 1. The number of aromatic nitrogens is 1. The van der Waals surface area contributed by atoms with Crippen molar-refractivity contribution in [1.82, 2.24) is 9.29 Å². The fraction of sp³-hybridized carbons (Fsp3) is 0.160. The first kappa shape index (κ1) is 25.4. The first-order valence-electron chi connectivity index (χ1n) is 10.7. The number of carbonyl (C=O) groups excluding carboxylic acids is 1. The van der Waals surface area contributed by atoms with Gasteiger partial charge in [-0.2, -0.15) is 13.2 Å². The van der Waals surface area contributed by atoms with E-state index in [1.54, 1.807) is 18.2 Å². The van der Waals surface area contributed by atoms with Crippen molar-refractivity contribution in [1.29, 1.82) is 0 Å². The average Bonchev–Trinajstić information content (AvgIpc) is 3.23. The summed E-state index contributed by atoms with van der Waals surface area (Å²) in [6.45, 7) is 1.37. The number of halogens is 4. The number of para-hydroxylation sites is 1. The molecule has 2 unspecified atom stereocenters. The Morgan fingerprint density at radius 1 is 0.944 bits per heavy atom. The molecule has 0 bridgehead atoms. The Bertz CT molecular complexity index is 1530. The van der Waals surface area contributed by atoms with Crippen LogP contribution in [0.15, 0.2) is 83.8 Å². The van der Waals surface area contributed by atoms with E-state index >= 15 is 0 Å². The lowest BCUT2D eigenvalue weighted by atomic mass is 10.0. The Morgan fingerprint density at radius 2 is 1.53 bits per heavy atom. The summed E-state index contributed by atoms with van der Waals surface area (Å²) in [5.74, 6) is -3.03. The SMILES string of the molecule is CC(NC(=O)C(F)(F)F)c1ccc(C(O)c2cc3ccccc3n2S(=O)(=O)c2ccccc2F)cc1. The highest BCUT2D eigenvalue weighted by molar-refractivity contribution is 7.90. The molecule has 0 fully saturated rings. The van der Waals surface area contributed by atoms with E-state index in [0.29, 0.717) is 10.9 Å². The molecule has 0 radical (unpaired) electrons. The van der Waals surface area contributed by atoms with E-state index in [1.165, 1.54) is 55.5 Å². The van der Waals surface area contributed by atoms with Crippen LogP contribution in [-0.4, -0.2) is 29.6 Å². The van der Waals surface area contributed by atoms with E-state index in [0.717, 1.165) is 16.1 Å². The third-order valence-corrected chi connectivity index (χ3v) is 7.46. The zero-order chi connectivity index (χ0) is 26.3. The van der Waals surface area contributed by atoms with Gasteiger partial charge in [0.05, 0.1) is 17.3 Å². The molecule has 0 saturated heterocycles. The van der Waals surface area contributed by atoms with Crippen molar-refractivity contribution in [2.45, 2.75) is 30.1 Å². The highest BCUT2D eigenvalue weighted by Gasteiger charge is 2.39. The van der Waals surface area contributed by atoms with Crippen LogP contribution in [0.25, 0.3) is 10.9 Å². The zero-order valence-corrected chi connectivity index (χ0v) is 19.5. The Labute approximate surface area is 203 Å². The van der Waals surface area contributed by atoms with Crippen LogP contribution in [0.5, 0.6) is 0 Å². The molecule has 11 heteroatoms. The Kier molecular flexibility index (Phi) is 6.63. The second-order valence-corrected chi connectivity index (χ2v) is 9.85. The first-order chi connectivity index (χ1) is 16.9. The van der Waals surface area contributed by atoms with Gasteiger partial charge in [0.15, 0.2) is 0 Å². The molecule has 3 aromatic carbocycles. The molecule has 1 aromatic heterocycles. The molecule has 4 rings (SSSR count). The monoisotopic (exact) mass is 520 g/mol. The Hall–Kier alpha value is -3.70. The molecule has 6 nitrogen and oxygen atoms in total. The molecule has 0 saturated carbocycles. The van der Waals surface area contributed by atoms with Gasteiger partial charge in [0.25, 0.3) is 10.0 Å². The Balaban J connectivity index is 1.74. The molecule has 0 aliphatic heterocycles. The lowest BCUT2D eigenvalue weighted by molar-refractivity contribution is -0.174. The van der Waals surface area contributed by atoms with Gasteiger partial charge >= 0.3 is 12.1 Å². The smallest absolute Gasteiger partial charge is 0.382 e. The number of aliphatic hydroxyl groups is 1. The summed E-state index contributed by atoms with van der Waals surface area (Å²) in [7, 11) is -4.46. The maximum atomic E-state index is 14.5. The van der Waals surface area contributed by atoms with Crippen LogP contribution in [0.4, 0.5) is 17.6 Å². The molecule has 2 N–H and O–H groups in total. The topological polar surface area (TPSA) is 88.4 Å². The molecule has 2 atom stereocenters. The molecule has 36 heavy (non-hydrogen) atoms. The molecule has 4 aromatic rings. The first-order valence-corrected chi connectivity index (χ1v) is 12.1. The fourth-order valence-corrected chi connectivity index (χ4v) is 5.48. The van der Waals surface area contributed by atoms with Gasteiger partial charge in [-0.1, -0.05) is 54.6 Å².